The van der Waals surface area contributed by atoms with Gasteiger partial charge in [-0.15, -0.1) is 10.2 Å². The summed E-state index contributed by atoms with van der Waals surface area (Å²) in [6.45, 7) is 0.386. The first-order valence-electron chi connectivity index (χ1n) is 9.81. The van der Waals surface area contributed by atoms with Crippen LogP contribution in [0.3, 0.4) is 0 Å². The second-order valence-electron chi connectivity index (χ2n) is 7.60. The molecule has 4 heterocycles. The second-order valence-corrected chi connectivity index (χ2v) is 7.60. The van der Waals surface area contributed by atoms with E-state index in [1.165, 1.54) is 0 Å². The molecular weight excluding hydrogens is 428 g/mol. The van der Waals surface area contributed by atoms with Crippen LogP contribution in [-0.4, -0.2) is 33.9 Å². The number of alkyl halides is 6. The summed E-state index contributed by atoms with van der Waals surface area (Å²) in [5, 5.41) is 7.04. The van der Waals surface area contributed by atoms with Gasteiger partial charge in [0.25, 0.3) is 11.8 Å². The molecule has 0 amide bonds. The molecule has 168 valence electrons. The van der Waals surface area contributed by atoms with E-state index in [2.05, 4.69) is 15.2 Å². The normalized spacial score (nSPS) is 20.3. The van der Waals surface area contributed by atoms with Gasteiger partial charge in [0.15, 0.2) is 5.69 Å². The van der Waals surface area contributed by atoms with Gasteiger partial charge in [-0.25, -0.2) is 4.98 Å². The van der Waals surface area contributed by atoms with Crippen LogP contribution in [0, 0.1) is 0 Å². The van der Waals surface area contributed by atoms with Gasteiger partial charge in [0.05, 0.1) is 5.69 Å². The van der Waals surface area contributed by atoms with Crippen LogP contribution >= 0.6 is 0 Å². The largest absolute Gasteiger partial charge is 0.421 e. The Hall–Kier alpha value is -2.79. The van der Waals surface area contributed by atoms with Gasteiger partial charge < -0.3 is 15.1 Å². The lowest BCUT2D eigenvalue weighted by Gasteiger charge is -2.29. The molecule has 2 aromatic rings. The number of rotatable bonds is 0. The summed E-state index contributed by atoms with van der Waals surface area (Å²) in [5.41, 5.74) is 3.01. The molecular formula is C19H19F6N5O. The lowest BCUT2D eigenvalue weighted by molar-refractivity contribution is -0.137. The van der Waals surface area contributed by atoms with E-state index in [0.29, 0.717) is 38.6 Å². The summed E-state index contributed by atoms with van der Waals surface area (Å²) < 4.78 is 86.8. The Morgan fingerprint density at radius 2 is 1.68 bits per heavy atom. The molecule has 2 aliphatic rings. The minimum absolute atomic E-state index is 0.124. The smallest absolute Gasteiger partial charge is 0.415 e. The predicted octanol–water partition coefficient (Wildman–Crippen LogP) is 5.22. The van der Waals surface area contributed by atoms with Crippen molar-refractivity contribution in [1.29, 1.82) is 0 Å². The zero-order valence-corrected chi connectivity index (χ0v) is 16.2. The third-order valence-electron chi connectivity index (χ3n) is 5.49. The van der Waals surface area contributed by atoms with Crippen molar-refractivity contribution < 1.29 is 30.8 Å². The molecule has 0 saturated carbocycles. The van der Waals surface area contributed by atoms with E-state index < -0.39 is 41.0 Å². The van der Waals surface area contributed by atoms with Gasteiger partial charge in [-0.2, -0.15) is 26.3 Å². The number of hydrogen-bond donors (Lipinski definition) is 1. The lowest BCUT2D eigenvalue weighted by Crippen LogP contribution is -2.32. The Morgan fingerprint density at radius 1 is 0.968 bits per heavy atom. The van der Waals surface area contributed by atoms with Crippen LogP contribution in [0.25, 0.3) is 17.2 Å². The highest BCUT2D eigenvalue weighted by Gasteiger charge is 2.41. The molecule has 0 radical (unpaired) electrons. The summed E-state index contributed by atoms with van der Waals surface area (Å²) in [6.07, 6.45) is -5.40. The highest BCUT2D eigenvalue weighted by atomic mass is 19.4. The number of halogens is 6. The summed E-state index contributed by atoms with van der Waals surface area (Å²) in [5.74, 6) is -1.56. The standard InChI is InChI=1S/C19H19F6N5O/c20-18(21,22)11-7-3-1-2-5-10-6-4-8-30(10)15-12(19(23,24)25)9-13(26)14(27-15)17-29-28-16(11)31-17/h7,9-10H,1-6,8,26H2. The predicted molar refractivity (Wildman–Crippen MR) is 99.8 cm³/mol. The Kier molecular flexibility index (Phi) is 5.34. The average Bonchev–Trinajstić information content (AvgIpc) is 3.31. The SMILES string of the molecule is Nc1cc(C(F)(F)F)c2nc1-c1nnc(o1)C(C(F)(F)F)=CCCCCC1CCCN21. The average molecular weight is 447 g/mol. The number of fused-ring (bicyclic) bond motifs is 7. The topological polar surface area (TPSA) is 81.1 Å². The number of nitrogen functional groups attached to an aromatic ring is 1. The van der Waals surface area contributed by atoms with Crippen molar-refractivity contribution in [3.05, 3.63) is 23.6 Å². The molecule has 1 atom stereocenters. The van der Waals surface area contributed by atoms with E-state index in [1.807, 2.05) is 0 Å². The quantitative estimate of drug-likeness (QED) is 0.558. The van der Waals surface area contributed by atoms with Crippen LogP contribution in [0.5, 0.6) is 0 Å². The molecule has 0 aliphatic carbocycles. The Balaban J connectivity index is 1.90. The van der Waals surface area contributed by atoms with Crippen molar-refractivity contribution in [2.24, 2.45) is 0 Å². The number of aromatic nitrogens is 3. The molecule has 31 heavy (non-hydrogen) atoms. The zero-order chi connectivity index (χ0) is 22.4. The van der Waals surface area contributed by atoms with Gasteiger partial charge in [0, 0.05) is 12.6 Å². The molecule has 1 unspecified atom stereocenters. The number of allylic oxidation sites excluding steroid dienone is 2. The Bertz CT molecular complexity index is 997. The van der Waals surface area contributed by atoms with Crippen molar-refractivity contribution in [3.8, 4) is 11.6 Å². The van der Waals surface area contributed by atoms with Crippen LogP contribution in [0.1, 0.15) is 50.0 Å². The number of pyridine rings is 1. The molecule has 4 rings (SSSR count). The number of anilines is 2. The third kappa shape index (κ3) is 4.19. The summed E-state index contributed by atoms with van der Waals surface area (Å²) >= 11 is 0. The maximum absolute atomic E-state index is 13.7. The maximum atomic E-state index is 13.7. The van der Waals surface area contributed by atoms with E-state index in [4.69, 9.17) is 10.2 Å². The molecule has 1 fully saturated rings. The van der Waals surface area contributed by atoms with Gasteiger partial charge >= 0.3 is 12.4 Å². The van der Waals surface area contributed by atoms with E-state index >= 15 is 0 Å². The Labute approximate surface area is 173 Å². The van der Waals surface area contributed by atoms with Crippen LogP contribution in [0.15, 0.2) is 16.6 Å². The molecule has 2 N–H and O–H groups in total. The fourth-order valence-electron chi connectivity index (χ4n) is 4.06. The fraction of sp³-hybridized carbons (Fsp3) is 0.526. The van der Waals surface area contributed by atoms with Crippen LogP contribution in [0.2, 0.25) is 0 Å². The van der Waals surface area contributed by atoms with Crippen molar-refractivity contribution >= 4 is 17.1 Å². The first-order chi connectivity index (χ1) is 14.6. The molecule has 0 aromatic carbocycles. The summed E-state index contributed by atoms with van der Waals surface area (Å²) in [4.78, 5) is 5.69. The van der Waals surface area contributed by atoms with Crippen molar-refractivity contribution in [1.82, 2.24) is 15.2 Å². The maximum Gasteiger partial charge on any atom is 0.421 e. The van der Waals surface area contributed by atoms with Gasteiger partial charge in [-0.1, -0.05) is 12.5 Å². The first kappa shape index (κ1) is 21.4. The number of nitrogens with zero attached hydrogens (tertiary/aromatic N) is 4. The molecule has 4 bridgehead atoms. The Morgan fingerprint density at radius 3 is 2.39 bits per heavy atom. The molecule has 2 aromatic heterocycles. The van der Waals surface area contributed by atoms with Crippen molar-refractivity contribution in [3.63, 3.8) is 0 Å². The van der Waals surface area contributed by atoms with Gasteiger partial charge in [0.1, 0.15) is 17.0 Å². The van der Waals surface area contributed by atoms with E-state index in [1.54, 1.807) is 4.90 Å². The summed E-state index contributed by atoms with van der Waals surface area (Å²) in [7, 11) is 0. The van der Waals surface area contributed by atoms with Gasteiger partial charge in [-0.3, -0.25) is 0 Å². The monoisotopic (exact) mass is 447 g/mol. The zero-order valence-electron chi connectivity index (χ0n) is 16.2. The number of hydrogen-bond acceptors (Lipinski definition) is 6. The van der Waals surface area contributed by atoms with Crippen LogP contribution < -0.4 is 10.6 Å². The van der Waals surface area contributed by atoms with Crippen LogP contribution in [-0.2, 0) is 6.18 Å². The van der Waals surface area contributed by atoms with Crippen molar-refractivity contribution in [2.75, 3.05) is 17.2 Å². The van der Waals surface area contributed by atoms with E-state index in [0.717, 1.165) is 12.1 Å². The van der Waals surface area contributed by atoms with E-state index in [9.17, 15) is 26.3 Å². The minimum Gasteiger partial charge on any atom is -0.415 e. The van der Waals surface area contributed by atoms with Gasteiger partial charge in [0.2, 0.25) is 0 Å². The summed E-state index contributed by atoms with van der Waals surface area (Å²) in [6, 6.07) is 0.529. The highest BCUT2D eigenvalue weighted by Crippen LogP contribution is 2.43. The van der Waals surface area contributed by atoms with Crippen LogP contribution in [0.4, 0.5) is 37.8 Å². The highest BCUT2D eigenvalue weighted by molar-refractivity contribution is 5.72. The molecule has 6 nitrogen and oxygen atoms in total. The lowest BCUT2D eigenvalue weighted by atomic mass is 10.0. The number of nitrogens with two attached hydrogens (primary N) is 1. The third-order valence-corrected chi connectivity index (χ3v) is 5.49. The minimum atomic E-state index is -4.73. The molecule has 12 heteroatoms. The van der Waals surface area contributed by atoms with Gasteiger partial charge in [-0.05, 0) is 38.2 Å². The van der Waals surface area contributed by atoms with E-state index in [-0.39, 0.29) is 24.0 Å². The second kappa shape index (κ2) is 7.72. The fourth-order valence-corrected chi connectivity index (χ4v) is 4.06. The molecule has 0 spiro atoms. The molecule has 2 aliphatic heterocycles. The molecule has 1 saturated heterocycles. The first-order valence-corrected chi connectivity index (χ1v) is 9.81. The van der Waals surface area contributed by atoms with Crippen molar-refractivity contribution in [2.45, 2.75) is 56.9 Å².